The fourth-order valence-corrected chi connectivity index (χ4v) is 5.45. The van der Waals surface area contributed by atoms with E-state index in [9.17, 15) is 17.6 Å². The van der Waals surface area contributed by atoms with Gasteiger partial charge in [-0.1, -0.05) is 19.3 Å². The van der Waals surface area contributed by atoms with Crippen LogP contribution in [0.15, 0.2) is 29.2 Å². The van der Waals surface area contributed by atoms with Gasteiger partial charge in [0, 0.05) is 45.7 Å². The summed E-state index contributed by atoms with van der Waals surface area (Å²) in [5.74, 6) is 0.215. The van der Waals surface area contributed by atoms with E-state index < -0.39 is 15.8 Å². The minimum absolute atomic E-state index is 0.123. The van der Waals surface area contributed by atoms with Gasteiger partial charge in [-0.05, 0) is 43.0 Å². The molecule has 8 heteroatoms. The highest BCUT2D eigenvalue weighted by atomic mass is 32.2. The van der Waals surface area contributed by atoms with Crippen LogP contribution in [0.5, 0.6) is 0 Å². The van der Waals surface area contributed by atoms with Crippen molar-refractivity contribution in [1.82, 2.24) is 14.5 Å². The lowest BCUT2D eigenvalue weighted by Gasteiger charge is -2.34. The summed E-state index contributed by atoms with van der Waals surface area (Å²) in [6.45, 7) is 3.36. The molecule has 1 N–H and O–H groups in total. The van der Waals surface area contributed by atoms with Crippen molar-refractivity contribution in [1.29, 1.82) is 0 Å². The third-order valence-electron chi connectivity index (χ3n) is 5.73. The van der Waals surface area contributed by atoms with E-state index in [1.54, 1.807) is 0 Å². The van der Waals surface area contributed by atoms with Gasteiger partial charge < -0.3 is 5.32 Å². The number of hydrogen-bond acceptors (Lipinski definition) is 4. The Hall–Kier alpha value is -1.51. The molecule has 3 rings (SSSR count). The van der Waals surface area contributed by atoms with E-state index >= 15 is 0 Å². The van der Waals surface area contributed by atoms with Crippen molar-refractivity contribution in [2.75, 3.05) is 39.3 Å². The molecule has 1 aliphatic carbocycles. The molecule has 1 aromatic carbocycles. The van der Waals surface area contributed by atoms with Gasteiger partial charge in [0.05, 0.1) is 4.90 Å². The van der Waals surface area contributed by atoms with Crippen LogP contribution >= 0.6 is 0 Å². The molecule has 0 atom stereocenters. The minimum atomic E-state index is -3.58. The van der Waals surface area contributed by atoms with Crippen LogP contribution in [-0.2, 0) is 14.8 Å². The molecule has 1 saturated heterocycles. The number of amides is 1. The second kappa shape index (κ2) is 9.80. The number of benzene rings is 1. The predicted octanol–water partition coefficient (Wildman–Crippen LogP) is 2.22. The van der Waals surface area contributed by atoms with Gasteiger partial charge in [-0.25, -0.2) is 12.8 Å². The summed E-state index contributed by atoms with van der Waals surface area (Å²) in [6.07, 6.45) is 6.73. The topological polar surface area (TPSA) is 69.7 Å². The van der Waals surface area contributed by atoms with Gasteiger partial charge in [0.25, 0.3) is 0 Å². The maximum atomic E-state index is 13.0. The number of nitrogens with zero attached hydrogens (tertiary/aromatic N) is 2. The average Bonchev–Trinajstić information content (AvgIpc) is 2.69. The molecule has 1 aliphatic heterocycles. The summed E-state index contributed by atoms with van der Waals surface area (Å²) in [5.41, 5.74) is 0. The molecule has 1 aromatic rings. The standard InChI is InChI=1S/C20H30FN3O3S/c21-18-6-8-19(9-7-18)28(26,27)24-14-12-23(13-15-24)11-10-22-20(25)16-17-4-2-1-3-5-17/h6-9,17H,1-5,10-16H2,(H,22,25). The highest BCUT2D eigenvalue weighted by molar-refractivity contribution is 7.89. The minimum Gasteiger partial charge on any atom is -0.355 e. The lowest BCUT2D eigenvalue weighted by Crippen LogP contribution is -2.50. The van der Waals surface area contributed by atoms with Crippen molar-refractivity contribution < 1.29 is 17.6 Å². The Labute approximate surface area is 167 Å². The zero-order chi connectivity index (χ0) is 20.0. The molecule has 0 spiro atoms. The highest BCUT2D eigenvalue weighted by Crippen LogP contribution is 2.26. The third kappa shape index (κ3) is 5.75. The Morgan fingerprint density at radius 3 is 2.32 bits per heavy atom. The molecular formula is C20H30FN3O3S. The van der Waals surface area contributed by atoms with Gasteiger partial charge in [-0.15, -0.1) is 0 Å². The van der Waals surface area contributed by atoms with Gasteiger partial charge >= 0.3 is 0 Å². The Bertz CT molecular complexity index is 740. The van der Waals surface area contributed by atoms with Gasteiger partial charge in [0.2, 0.25) is 15.9 Å². The molecule has 28 heavy (non-hydrogen) atoms. The van der Waals surface area contributed by atoms with Crippen molar-refractivity contribution in [2.24, 2.45) is 5.92 Å². The van der Waals surface area contributed by atoms with Crippen molar-refractivity contribution in [3.63, 3.8) is 0 Å². The fraction of sp³-hybridized carbons (Fsp3) is 0.650. The third-order valence-corrected chi connectivity index (χ3v) is 7.64. The molecule has 0 unspecified atom stereocenters. The summed E-state index contributed by atoms with van der Waals surface area (Å²) in [7, 11) is -3.58. The number of nitrogens with one attached hydrogen (secondary N) is 1. The molecule has 1 heterocycles. The van der Waals surface area contributed by atoms with E-state index in [4.69, 9.17) is 0 Å². The number of sulfonamides is 1. The van der Waals surface area contributed by atoms with Crippen molar-refractivity contribution >= 4 is 15.9 Å². The Kier molecular flexibility index (Phi) is 7.42. The average molecular weight is 412 g/mol. The van der Waals surface area contributed by atoms with Crippen molar-refractivity contribution in [2.45, 2.75) is 43.4 Å². The number of carbonyl (C=O) groups is 1. The molecule has 0 bridgehead atoms. The number of piperazine rings is 1. The summed E-state index contributed by atoms with van der Waals surface area (Å²) in [4.78, 5) is 14.4. The fourth-order valence-electron chi connectivity index (χ4n) is 4.03. The Balaban J connectivity index is 1.38. The SMILES string of the molecule is O=C(CC1CCCCC1)NCCN1CCN(S(=O)(=O)c2ccc(F)cc2)CC1. The first kappa shape index (κ1) is 21.2. The predicted molar refractivity (Wildman–Crippen MR) is 106 cm³/mol. The van der Waals surface area contributed by atoms with Crippen LogP contribution < -0.4 is 5.32 Å². The molecule has 1 amide bonds. The highest BCUT2D eigenvalue weighted by Gasteiger charge is 2.28. The molecule has 2 fully saturated rings. The zero-order valence-corrected chi connectivity index (χ0v) is 17.1. The van der Waals surface area contributed by atoms with Crippen LogP contribution in [0, 0.1) is 11.7 Å². The van der Waals surface area contributed by atoms with Gasteiger partial charge in [-0.2, -0.15) is 4.31 Å². The number of carbonyl (C=O) groups excluding carboxylic acids is 1. The number of hydrogen-bond donors (Lipinski definition) is 1. The summed E-state index contributed by atoms with van der Waals surface area (Å²) < 4.78 is 39.7. The second-order valence-electron chi connectivity index (χ2n) is 7.76. The zero-order valence-electron chi connectivity index (χ0n) is 16.3. The lowest BCUT2D eigenvalue weighted by atomic mass is 9.87. The molecule has 6 nitrogen and oxygen atoms in total. The quantitative estimate of drug-likeness (QED) is 0.747. The van der Waals surface area contributed by atoms with Crippen LogP contribution in [0.3, 0.4) is 0 Å². The summed E-state index contributed by atoms with van der Waals surface area (Å²) >= 11 is 0. The number of rotatable bonds is 7. The van der Waals surface area contributed by atoms with E-state index in [1.165, 1.54) is 47.8 Å². The first-order valence-corrected chi connectivity index (χ1v) is 11.6. The maximum absolute atomic E-state index is 13.0. The molecule has 0 radical (unpaired) electrons. The maximum Gasteiger partial charge on any atom is 0.243 e. The largest absolute Gasteiger partial charge is 0.355 e. The van der Waals surface area contributed by atoms with Gasteiger partial charge in [0.15, 0.2) is 0 Å². The van der Waals surface area contributed by atoms with Gasteiger partial charge in [0.1, 0.15) is 5.82 Å². The number of halogens is 1. The van der Waals surface area contributed by atoms with E-state index in [0.717, 1.165) is 19.4 Å². The smallest absolute Gasteiger partial charge is 0.243 e. The molecular weight excluding hydrogens is 381 g/mol. The lowest BCUT2D eigenvalue weighted by molar-refractivity contribution is -0.122. The van der Waals surface area contributed by atoms with Crippen LogP contribution in [0.4, 0.5) is 4.39 Å². The van der Waals surface area contributed by atoms with Gasteiger partial charge in [-0.3, -0.25) is 9.69 Å². The molecule has 2 aliphatic rings. The summed E-state index contributed by atoms with van der Waals surface area (Å²) in [6, 6.07) is 4.94. The second-order valence-corrected chi connectivity index (χ2v) is 9.70. The monoisotopic (exact) mass is 411 g/mol. The normalized spacial score (nSPS) is 20.2. The first-order valence-electron chi connectivity index (χ1n) is 10.2. The van der Waals surface area contributed by atoms with E-state index in [0.29, 0.717) is 45.1 Å². The van der Waals surface area contributed by atoms with Crippen molar-refractivity contribution in [3.8, 4) is 0 Å². The molecule has 156 valence electrons. The van der Waals surface area contributed by atoms with Crippen LogP contribution in [0.25, 0.3) is 0 Å². The van der Waals surface area contributed by atoms with E-state index in [1.807, 2.05) is 0 Å². The van der Waals surface area contributed by atoms with E-state index in [-0.39, 0.29) is 10.8 Å². The van der Waals surface area contributed by atoms with Crippen molar-refractivity contribution in [3.05, 3.63) is 30.1 Å². The first-order chi connectivity index (χ1) is 13.4. The van der Waals surface area contributed by atoms with Crippen LogP contribution in [0.1, 0.15) is 38.5 Å². The van der Waals surface area contributed by atoms with Crippen LogP contribution in [-0.4, -0.2) is 62.8 Å². The molecule has 1 saturated carbocycles. The summed E-state index contributed by atoms with van der Waals surface area (Å²) in [5, 5.41) is 3.00. The molecule has 0 aromatic heterocycles. The van der Waals surface area contributed by atoms with Crippen LogP contribution in [0.2, 0.25) is 0 Å². The Morgan fingerprint density at radius 2 is 1.68 bits per heavy atom. The van der Waals surface area contributed by atoms with E-state index in [2.05, 4.69) is 10.2 Å². The Morgan fingerprint density at radius 1 is 1.04 bits per heavy atom.